The van der Waals surface area contributed by atoms with Crippen LogP contribution in [0.2, 0.25) is 5.02 Å². The van der Waals surface area contributed by atoms with Crippen molar-refractivity contribution in [2.45, 2.75) is 6.54 Å². The van der Waals surface area contributed by atoms with Crippen LogP contribution in [0.25, 0.3) is 0 Å². The zero-order valence-electron chi connectivity index (χ0n) is 9.85. The maximum absolute atomic E-state index is 11.9. The average Bonchev–Trinajstić information content (AvgIpc) is 2.68. The van der Waals surface area contributed by atoms with Crippen molar-refractivity contribution in [3.8, 4) is 0 Å². The minimum atomic E-state index is -0.271. The van der Waals surface area contributed by atoms with Crippen molar-refractivity contribution in [3.05, 3.63) is 46.7 Å². The quantitative estimate of drug-likeness (QED) is 0.884. The summed E-state index contributed by atoms with van der Waals surface area (Å²) < 4.78 is 1.44. The molecule has 0 bridgehead atoms. The van der Waals surface area contributed by atoms with Crippen molar-refractivity contribution in [3.63, 3.8) is 0 Å². The highest BCUT2D eigenvalue weighted by atomic mass is 35.5. The molecule has 1 heterocycles. The smallest absolute Gasteiger partial charge is 0.271 e. The van der Waals surface area contributed by atoms with Gasteiger partial charge in [-0.15, -0.1) is 0 Å². The molecule has 2 rings (SSSR count). The lowest BCUT2D eigenvalue weighted by Crippen LogP contribution is -2.26. The number of anilines is 1. The lowest BCUT2D eigenvalue weighted by molar-refractivity contribution is 0.0942. The fourth-order valence-corrected chi connectivity index (χ4v) is 1.84. The standard InChI is InChI=1S/C12H13ClN4O/c1-17-11(10(14)7-16-17)12(18)15-6-8-4-2-3-5-9(8)13/h2-5,7H,6,14H2,1H3,(H,15,18). The van der Waals surface area contributed by atoms with E-state index in [1.807, 2.05) is 18.2 Å². The van der Waals surface area contributed by atoms with Gasteiger partial charge in [-0.2, -0.15) is 5.10 Å². The van der Waals surface area contributed by atoms with E-state index in [1.165, 1.54) is 10.9 Å². The number of nitrogens with two attached hydrogens (primary N) is 1. The highest BCUT2D eigenvalue weighted by molar-refractivity contribution is 6.31. The highest BCUT2D eigenvalue weighted by Gasteiger charge is 2.14. The largest absolute Gasteiger partial charge is 0.396 e. The van der Waals surface area contributed by atoms with Gasteiger partial charge in [-0.3, -0.25) is 9.48 Å². The minimum Gasteiger partial charge on any atom is -0.396 e. The summed E-state index contributed by atoms with van der Waals surface area (Å²) in [7, 11) is 1.67. The van der Waals surface area contributed by atoms with Gasteiger partial charge in [-0.05, 0) is 11.6 Å². The van der Waals surface area contributed by atoms with Crippen LogP contribution in [0.15, 0.2) is 30.5 Å². The molecule has 2 aromatic rings. The molecule has 0 aliphatic heterocycles. The summed E-state index contributed by atoms with van der Waals surface area (Å²) in [4.78, 5) is 11.9. The number of amides is 1. The normalized spacial score (nSPS) is 10.3. The number of carbonyl (C=O) groups excluding carboxylic acids is 1. The van der Waals surface area contributed by atoms with Crippen molar-refractivity contribution >= 4 is 23.2 Å². The molecule has 18 heavy (non-hydrogen) atoms. The van der Waals surface area contributed by atoms with E-state index in [1.54, 1.807) is 13.1 Å². The van der Waals surface area contributed by atoms with Gasteiger partial charge in [0.05, 0.1) is 11.9 Å². The number of aryl methyl sites for hydroxylation is 1. The first-order chi connectivity index (χ1) is 8.59. The number of carbonyl (C=O) groups is 1. The Bertz CT molecular complexity index is 560. The molecule has 1 aromatic carbocycles. The van der Waals surface area contributed by atoms with Crippen LogP contribution >= 0.6 is 11.6 Å². The van der Waals surface area contributed by atoms with E-state index in [2.05, 4.69) is 10.4 Å². The Morgan fingerprint density at radius 2 is 2.22 bits per heavy atom. The molecular formula is C12H13ClN4O. The van der Waals surface area contributed by atoms with Crippen LogP contribution in [0.5, 0.6) is 0 Å². The van der Waals surface area contributed by atoms with Gasteiger partial charge in [0.25, 0.3) is 5.91 Å². The Morgan fingerprint density at radius 3 is 2.83 bits per heavy atom. The van der Waals surface area contributed by atoms with E-state index in [9.17, 15) is 4.79 Å². The number of hydrogen-bond acceptors (Lipinski definition) is 3. The summed E-state index contributed by atoms with van der Waals surface area (Å²) in [5, 5.41) is 7.30. The fraction of sp³-hybridized carbons (Fsp3) is 0.167. The molecule has 94 valence electrons. The Hall–Kier alpha value is -2.01. The van der Waals surface area contributed by atoms with Gasteiger partial charge in [-0.1, -0.05) is 29.8 Å². The summed E-state index contributed by atoms with van der Waals surface area (Å²) in [6.45, 7) is 0.350. The molecule has 0 spiro atoms. The molecule has 1 aromatic heterocycles. The Morgan fingerprint density at radius 1 is 1.50 bits per heavy atom. The zero-order chi connectivity index (χ0) is 13.1. The molecule has 0 fully saturated rings. The summed E-state index contributed by atoms with van der Waals surface area (Å²) in [5.74, 6) is -0.271. The molecule has 3 N–H and O–H groups in total. The number of nitrogens with one attached hydrogen (secondary N) is 1. The number of nitrogens with zero attached hydrogens (tertiary/aromatic N) is 2. The predicted molar refractivity (Wildman–Crippen MR) is 70.2 cm³/mol. The van der Waals surface area contributed by atoms with E-state index >= 15 is 0 Å². The van der Waals surface area contributed by atoms with Crippen LogP contribution in [0.3, 0.4) is 0 Å². The summed E-state index contributed by atoms with van der Waals surface area (Å²) in [6, 6.07) is 7.34. The molecule has 1 amide bonds. The van der Waals surface area contributed by atoms with Gasteiger partial charge in [0, 0.05) is 18.6 Å². The summed E-state index contributed by atoms with van der Waals surface area (Å²) in [5.41, 5.74) is 7.23. The van der Waals surface area contributed by atoms with Crippen LogP contribution in [-0.2, 0) is 13.6 Å². The average molecular weight is 265 g/mol. The molecule has 0 saturated carbocycles. The van der Waals surface area contributed by atoms with Crippen LogP contribution in [0, 0.1) is 0 Å². The maximum Gasteiger partial charge on any atom is 0.271 e. The maximum atomic E-state index is 11.9. The lowest BCUT2D eigenvalue weighted by Gasteiger charge is -2.07. The first kappa shape index (κ1) is 12.4. The number of benzene rings is 1. The molecule has 0 atom stereocenters. The van der Waals surface area contributed by atoms with Crippen LogP contribution in [-0.4, -0.2) is 15.7 Å². The molecule has 0 radical (unpaired) electrons. The Kier molecular flexibility index (Phi) is 3.53. The second-order valence-electron chi connectivity index (χ2n) is 3.85. The topological polar surface area (TPSA) is 72.9 Å². The van der Waals surface area contributed by atoms with Crippen molar-refractivity contribution in [2.24, 2.45) is 7.05 Å². The first-order valence-electron chi connectivity index (χ1n) is 5.38. The summed E-state index contributed by atoms with van der Waals surface area (Å²) in [6.07, 6.45) is 1.45. The monoisotopic (exact) mass is 264 g/mol. The van der Waals surface area contributed by atoms with Crippen molar-refractivity contribution < 1.29 is 4.79 Å². The fourth-order valence-electron chi connectivity index (χ4n) is 1.63. The summed E-state index contributed by atoms with van der Waals surface area (Å²) >= 11 is 6.00. The van der Waals surface area contributed by atoms with Gasteiger partial charge in [-0.25, -0.2) is 0 Å². The Balaban J connectivity index is 2.08. The third-order valence-corrected chi connectivity index (χ3v) is 2.95. The van der Waals surface area contributed by atoms with Crippen LogP contribution in [0.4, 0.5) is 5.69 Å². The third-order valence-electron chi connectivity index (χ3n) is 2.58. The molecule has 0 aliphatic rings. The molecule has 0 unspecified atom stereocenters. The van der Waals surface area contributed by atoms with Gasteiger partial charge in [0.1, 0.15) is 5.69 Å². The zero-order valence-corrected chi connectivity index (χ0v) is 10.6. The van der Waals surface area contributed by atoms with Crippen molar-refractivity contribution in [1.29, 1.82) is 0 Å². The number of aromatic nitrogens is 2. The number of halogens is 1. The van der Waals surface area contributed by atoms with Gasteiger partial charge >= 0.3 is 0 Å². The highest BCUT2D eigenvalue weighted by Crippen LogP contribution is 2.15. The SMILES string of the molecule is Cn1ncc(N)c1C(=O)NCc1ccccc1Cl. The van der Waals surface area contributed by atoms with E-state index in [-0.39, 0.29) is 5.91 Å². The van der Waals surface area contributed by atoms with Crippen LogP contribution < -0.4 is 11.1 Å². The van der Waals surface area contributed by atoms with E-state index in [4.69, 9.17) is 17.3 Å². The second-order valence-corrected chi connectivity index (χ2v) is 4.25. The number of nitrogen functional groups attached to an aromatic ring is 1. The second kappa shape index (κ2) is 5.10. The molecule has 0 saturated heterocycles. The van der Waals surface area contributed by atoms with E-state index in [0.717, 1.165) is 5.56 Å². The molecule has 6 heteroatoms. The molecule has 5 nitrogen and oxygen atoms in total. The minimum absolute atomic E-state index is 0.271. The van der Waals surface area contributed by atoms with E-state index in [0.29, 0.717) is 22.9 Å². The molecular weight excluding hydrogens is 252 g/mol. The third kappa shape index (κ3) is 2.46. The van der Waals surface area contributed by atoms with Gasteiger partial charge < -0.3 is 11.1 Å². The lowest BCUT2D eigenvalue weighted by atomic mass is 10.2. The van der Waals surface area contributed by atoms with Crippen molar-refractivity contribution in [2.75, 3.05) is 5.73 Å². The number of hydrogen-bond donors (Lipinski definition) is 2. The van der Waals surface area contributed by atoms with E-state index < -0.39 is 0 Å². The molecule has 0 aliphatic carbocycles. The first-order valence-corrected chi connectivity index (χ1v) is 5.76. The van der Waals surface area contributed by atoms with Crippen LogP contribution in [0.1, 0.15) is 16.1 Å². The Labute approximate surface area is 110 Å². The number of rotatable bonds is 3. The van der Waals surface area contributed by atoms with Gasteiger partial charge in [0.2, 0.25) is 0 Å². The predicted octanol–water partition coefficient (Wildman–Crippen LogP) is 1.59. The van der Waals surface area contributed by atoms with Crippen molar-refractivity contribution in [1.82, 2.24) is 15.1 Å². The van der Waals surface area contributed by atoms with Gasteiger partial charge in [0.15, 0.2) is 0 Å².